The van der Waals surface area contributed by atoms with Crippen molar-refractivity contribution in [3.05, 3.63) is 45.0 Å². The molecule has 4 nitrogen and oxygen atoms in total. The van der Waals surface area contributed by atoms with Crippen molar-refractivity contribution in [2.45, 2.75) is 20.3 Å². The molecule has 92 valence electrons. The topological polar surface area (TPSA) is 43.1 Å². The van der Waals surface area contributed by atoms with E-state index >= 15 is 0 Å². The van der Waals surface area contributed by atoms with E-state index in [0.29, 0.717) is 10.9 Å². The molecule has 0 fully saturated rings. The van der Waals surface area contributed by atoms with Crippen molar-refractivity contribution in [1.82, 2.24) is 19.4 Å². The number of fused-ring (bicyclic) bond motifs is 1. The van der Waals surface area contributed by atoms with E-state index in [0.717, 1.165) is 27.6 Å². The highest BCUT2D eigenvalue weighted by Gasteiger charge is 2.10. The first-order chi connectivity index (χ1) is 8.61. The molecule has 3 rings (SSSR count). The molecule has 0 unspecified atom stereocenters. The maximum atomic E-state index is 5.85. The lowest BCUT2D eigenvalue weighted by molar-refractivity contribution is 0.987. The van der Waals surface area contributed by atoms with Crippen LogP contribution in [0.15, 0.2) is 18.6 Å². The Morgan fingerprint density at radius 1 is 1.22 bits per heavy atom. The van der Waals surface area contributed by atoms with Crippen LogP contribution in [0.25, 0.3) is 5.65 Å². The number of thiazole rings is 1. The van der Waals surface area contributed by atoms with Gasteiger partial charge in [0, 0.05) is 29.9 Å². The van der Waals surface area contributed by atoms with Gasteiger partial charge < -0.3 is 4.40 Å². The Labute approximate surface area is 113 Å². The van der Waals surface area contributed by atoms with Gasteiger partial charge in [-0.25, -0.2) is 9.97 Å². The summed E-state index contributed by atoms with van der Waals surface area (Å²) in [5.41, 5.74) is 3.84. The van der Waals surface area contributed by atoms with Gasteiger partial charge in [0.15, 0.2) is 10.1 Å². The van der Waals surface area contributed by atoms with Crippen molar-refractivity contribution >= 4 is 28.6 Å². The summed E-state index contributed by atoms with van der Waals surface area (Å²) in [5, 5.41) is 0. The van der Waals surface area contributed by atoms with Crippen molar-refractivity contribution in [2.75, 3.05) is 0 Å². The number of imidazole rings is 1. The number of hydrogen-bond acceptors (Lipinski definition) is 4. The molecular formula is C12H11ClN4S. The molecule has 3 aromatic rings. The van der Waals surface area contributed by atoms with Crippen LogP contribution >= 0.6 is 22.9 Å². The first-order valence-electron chi connectivity index (χ1n) is 5.54. The van der Waals surface area contributed by atoms with E-state index in [4.69, 9.17) is 11.6 Å². The normalized spacial score (nSPS) is 11.3. The fraction of sp³-hybridized carbons (Fsp3) is 0.250. The van der Waals surface area contributed by atoms with Crippen molar-refractivity contribution in [1.29, 1.82) is 0 Å². The van der Waals surface area contributed by atoms with E-state index in [1.807, 2.05) is 30.6 Å². The quantitative estimate of drug-likeness (QED) is 0.724. The number of aryl methyl sites for hydroxylation is 2. The van der Waals surface area contributed by atoms with Crippen molar-refractivity contribution < 1.29 is 0 Å². The van der Waals surface area contributed by atoms with E-state index in [-0.39, 0.29) is 0 Å². The highest BCUT2D eigenvalue weighted by molar-refractivity contribution is 7.15. The summed E-state index contributed by atoms with van der Waals surface area (Å²) in [6, 6.07) is 0. The second-order valence-corrected chi connectivity index (χ2v) is 5.90. The van der Waals surface area contributed by atoms with Gasteiger partial charge in [-0.15, -0.1) is 11.3 Å². The number of halogens is 1. The molecule has 0 N–H and O–H groups in total. The van der Waals surface area contributed by atoms with Gasteiger partial charge in [-0.05, 0) is 13.8 Å². The number of rotatable bonds is 2. The molecule has 0 aliphatic carbocycles. The Hall–Kier alpha value is -1.46. The van der Waals surface area contributed by atoms with E-state index < -0.39 is 0 Å². The molecule has 0 saturated carbocycles. The van der Waals surface area contributed by atoms with Crippen LogP contribution < -0.4 is 0 Å². The highest BCUT2D eigenvalue weighted by atomic mass is 35.5. The molecule has 6 heteroatoms. The fourth-order valence-electron chi connectivity index (χ4n) is 1.97. The van der Waals surface area contributed by atoms with Gasteiger partial charge in [-0.2, -0.15) is 0 Å². The summed E-state index contributed by atoms with van der Waals surface area (Å²) in [5.74, 6) is 0. The molecule has 3 heterocycles. The number of nitrogens with zero attached hydrogens (tertiary/aromatic N) is 4. The Bertz CT molecular complexity index is 716. The maximum Gasteiger partial charge on any atom is 0.183 e. The number of hydrogen-bond donors (Lipinski definition) is 0. The average molecular weight is 279 g/mol. The molecule has 0 spiro atoms. The zero-order valence-electron chi connectivity index (χ0n) is 10.0. The predicted octanol–water partition coefficient (Wildman–Crippen LogP) is 3.05. The standard InChI is InChI=1S/C12H11ClN4S/c1-7-5-17-6-8(2)16-11(17)10(15-7)3-9-4-14-12(13)18-9/h4-6H,3H2,1-2H3. The van der Waals surface area contributed by atoms with Crippen LogP contribution in [0.3, 0.4) is 0 Å². The molecule has 0 aliphatic heterocycles. The van der Waals surface area contributed by atoms with Crippen LogP contribution in [0, 0.1) is 13.8 Å². The van der Waals surface area contributed by atoms with Crippen LogP contribution in [0.2, 0.25) is 4.47 Å². The minimum absolute atomic E-state index is 0.563. The third-order valence-corrected chi connectivity index (χ3v) is 3.73. The van der Waals surface area contributed by atoms with E-state index in [1.165, 1.54) is 11.3 Å². The lowest BCUT2D eigenvalue weighted by Gasteiger charge is -2.03. The third-order valence-electron chi connectivity index (χ3n) is 2.62. The van der Waals surface area contributed by atoms with Crippen LogP contribution in [-0.4, -0.2) is 19.4 Å². The van der Waals surface area contributed by atoms with Crippen molar-refractivity contribution in [3.8, 4) is 0 Å². The summed E-state index contributed by atoms with van der Waals surface area (Å²) in [6.45, 7) is 3.97. The van der Waals surface area contributed by atoms with Gasteiger partial charge in [0.05, 0.1) is 17.1 Å². The second kappa shape index (κ2) is 4.33. The average Bonchev–Trinajstić information content (AvgIpc) is 2.84. The van der Waals surface area contributed by atoms with Crippen molar-refractivity contribution in [3.63, 3.8) is 0 Å². The van der Waals surface area contributed by atoms with Crippen LogP contribution in [0.1, 0.15) is 22.0 Å². The van der Waals surface area contributed by atoms with Crippen LogP contribution in [0.4, 0.5) is 0 Å². The first kappa shape index (κ1) is 11.6. The molecule has 18 heavy (non-hydrogen) atoms. The van der Waals surface area contributed by atoms with Gasteiger partial charge in [-0.1, -0.05) is 11.6 Å². The van der Waals surface area contributed by atoms with Gasteiger partial charge in [0.1, 0.15) is 0 Å². The zero-order chi connectivity index (χ0) is 12.7. The molecule has 3 aromatic heterocycles. The maximum absolute atomic E-state index is 5.85. The van der Waals surface area contributed by atoms with Crippen LogP contribution in [0.5, 0.6) is 0 Å². The summed E-state index contributed by atoms with van der Waals surface area (Å²) in [7, 11) is 0. The third kappa shape index (κ3) is 2.11. The van der Waals surface area contributed by atoms with Gasteiger partial charge in [0.2, 0.25) is 0 Å². The molecule has 0 atom stereocenters. The molecule has 0 aliphatic rings. The summed E-state index contributed by atoms with van der Waals surface area (Å²) in [6.07, 6.45) is 6.50. The Kier molecular flexibility index (Phi) is 2.80. The van der Waals surface area contributed by atoms with E-state index in [9.17, 15) is 0 Å². The van der Waals surface area contributed by atoms with Gasteiger partial charge >= 0.3 is 0 Å². The predicted molar refractivity (Wildman–Crippen MR) is 72.4 cm³/mol. The molecule has 0 saturated heterocycles. The Morgan fingerprint density at radius 2 is 1.94 bits per heavy atom. The Balaban J connectivity index is 2.10. The summed E-state index contributed by atoms with van der Waals surface area (Å²) < 4.78 is 2.59. The minimum atomic E-state index is 0.563. The Morgan fingerprint density at radius 3 is 2.61 bits per heavy atom. The van der Waals surface area contributed by atoms with Crippen molar-refractivity contribution in [2.24, 2.45) is 0 Å². The molecule has 0 bridgehead atoms. The second-order valence-electron chi connectivity index (χ2n) is 4.20. The molecule has 0 radical (unpaired) electrons. The molecular weight excluding hydrogens is 268 g/mol. The smallest absolute Gasteiger partial charge is 0.183 e. The van der Waals surface area contributed by atoms with E-state index in [1.54, 1.807) is 6.20 Å². The largest absolute Gasteiger partial charge is 0.303 e. The fourth-order valence-corrected chi connectivity index (χ4v) is 2.95. The van der Waals surface area contributed by atoms with Crippen LogP contribution in [-0.2, 0) is 6.42 Å². The lowest BCUT2D eigenvalue weighted by atomic mass is 10.2. The van der Waals surface area contributed by atoms with Gasteiger partial charge in [0.25, 0.3) is 0 Å². The highest BCUT2D eigenvalue weighted by Crippen LogP contribution is 2.22. The molecule has 0 amide bonds. The summed E-state index contributed by atoms with van der Waals surface area (Å²) >= 11 is 7.33. The monoisotopic (exact) mass is 278 g/mol. The SMILES string of the molecule is Cc1cn2cc(C)nc2c(Cc2cnc(Cl)s2)n1. The van der Waals surface area contributed by atoms with E-state index in [2.05, 4.69) is 15.0 Å². The first-order valence-corrected chi connectivity index (χ1v) is 6.73. The lowest BCUT2D eigenvalue weighted by Crippen LogP contribution is -1.99. The zero-order valence-corrected chi connectivity index (χ0v) is 11.6. The summed E-state index contributed by atoms with van der Waals surface area (Å²) in [4.78, 5) is 14.2. The minimum Gasteiger partial charge on any atom is -0.303 e. The van der Waals surface area contributed by atoms with Gasteiger partial charge in [-0.3, -0.25) is 4.98 Å². The number of aromatic nitrogens is 4. The molecule has 0 aromatic carbocycles.